The highest BCUT2D eigenvalue weighted by Crippen LogP contribution is 2.16. The van der Waals surface area contributed by atoms with Gasteiger partial charge in [0, 0.05) is 5.56 Å². The van der Waals surface area contributed by atoms with Gasteiger partial charge >= 0.3 is 7.12 Å². The summed E-state index contributed by atoms with van der Waals surface area (Å²) in [5.41, 5.74) is 1.10. The van der Waals surface area contributed by atoms with Gasteiger partial charge in [0.2, 0.25) is 0 Å². The van der Waals surface area contributed by atoms with Crippen molar-refractivity contribution < 1.29 is 10.0 Å². The molecule has 0 spiro atoms. The van der Waals surface area contributed by atoms with Gasteiger partial charge in [0.1, 0.15) is 0 Å². The van der Waals surface area contributed by atoms with E-state index >= 15 is 0 Å². The Hall–Kier alpha value is -1.76. The largest absolute Gasteiger partial charge is 0.488 e. The Kier molecular flexibility index (Phi) is 2.46. The molecule has 0 fully saturated rings. The first-order chi connectivity index (χ1) is 7.22. The monoisotopic (exact) mass is 196 g/mol. The van der Waals surface area contributed by atoms with Crippen LogP contribution in [0.3, 0.4) is 0 Å². The minimum absolute atomic E-state index is 0.418. The summed E-state index contributed by atoms with van der Waals surface area (Å²) in [5, 5.41) is 20.0. The SMILES string of the molecule is C#Cc1cc(B(O)O)cc2ccccc12. The molecular formula is C12H9BO2. The molecule has 2 aromatic carbocycles. The van der Waals surface area contributed by atoms with Gasteiger partial charge in [0.25, 0.3) is 0 Å². The quantitative estimate of drug-likeness (QED) is 0.515. The van der Waals surface area contributed by atoms with Gasteiger partial charge in [0.05, 0.1) is 0 Å². The number of fused-ring (bicyclic) bond motifs is 1. The van der Waals surface area contributed by atoms with E-state index < -0.39 is 7.12 Å². The van der Waals surface area contributed by atoms with E-state index in [4.69, 9.17) is 16.5 Å². The van der Waals surface area contributed by atoms with E-state index in [9.17, 15) is 0 Å². The molecule has 0 heterocycles. The fourth-order valence-corrected chi connectivity index (χ4v) is 1.60. The van der Waals surface area contributed by atoms with Crippen LogP contribution < -0.4 is 5.46 Å². The third-order valence-corrected chi connectivity index (χ3v) is 2.34. The molecule has 2 rings (SSSR count). The van der Waals surface area contributed by atoms with Gasteiger partial charge in [-0.05, 0) is 22.3 Å². The zero-order valence-electron chi connectivity index (χ0n) is 8.01. The summed E-state index contributed by atoms with van der Waals surface area (Å²) in [6, 6.07) is 10.9. The number of rotatable bonds is 1. The summed E-state index contributed by atoms with van der Waals surface area (Å²) in [7, 11) is -1.48. The molecule has 0 atom stereocenters. The topological polar surface area (TPSA) is 40.5 Å². The number of benzene rings is 2. The third-order valence-electron chi connectivity index (χ3n) is 2.34. The van der Waals surface area contributed by atoms with Crippen LogP contribution in [0.25, 0.3) is 10.8 Å². The first-order valence-corrected chi connectivity index (χ1v) is 4.58. The number of terminal acetylenes is 1. The maximum Gasteiger partial charge on any atom is 0.488 e. The lowest BCUT2D eigenvalue weighted by Crippen LogP contribution is -2.29. The van der Waals surface area contributed by atoms with Gasteiger partial charge in [-0.1, -0.05) is 36.3 Å². The molecule has 2 nitrogen and oxygen atoms in total. The molecule has 0 aromatic heterocycles. The van der Waals surface area contributed by atoms with Crippen LogP contribution in [-0.4, -0.2) is 17.2 Å². The maximum atomic E-state index is 9.09. The normalized spacial score (nSPS) is 9.93. The van der Waals surface area contributed by atoms with E-state index in [1.54, 1.807) is 12.1 Å². The van der Waals surface area contributed by atoms with E-state index in [-0.39, 0.29) is 0 Å². The molecule has 0 unspecified atom stereocenters. The molecule has 0 saturated carbocycles. The smallest absolute Gasteiger partial charge is 0.423 e. The fourth-order valence-electron chi connectivity index (χ4n) is 1.60. The van der Waals surface area contributed by atoms with Gasteiger partial charge in [-0.15, -0.1) is 6.42 Å². The Balaban J connectivity index is 2.78. The van der Waals surface area contributed by atoms with Gasteiger partial charge < -0.3 is 10.0 Å². The standard InChI is InChI=1S/C12H9BO2/c1-2-9-7-11(13(14)15)8-10-5-3-4-6-12(9)10/h1,3-8,14-15H. The van der Waals surface area contributed by atoms with Crippen molar-refractivity contribution in [3.8, 4) is 12.3 Å². The zero-order valence-corrected chi connectivity index (χ0v) is 8.01. The van der Waals surface area contributed by atoms with E-state index in [2.05, 4.69) is 5.92 Å². The van der Waals surface area contributed by atoms with E-state index in [1.807, 2.05) is 24.3 Å². The highest BCUT2D eigenvalue weighted by Gasteiger charge is 2.12. The average Bonchev–Trinajstić information content (AvgIpc) is 2.27. The average molecular weight is 196 g/mol. The van der Waals surface area contributed by atoms with Crippen LogP contribution in [0.4, 0.5) is 0 Å². The second-order valence-corrected chi connectivity index (χ2v) is 3.31. The van der Waals surface area contributed by atoms with Crippen LogP contribution in [0.15, 0.2) is 36.4 Å². The number of hydrogen-bond donors (Lipinski definition) is 2. The zero-order chi connectivity index (χ0) is 10.8. The molecule has 0 aliphatic carbocycles. The Labute approximate surface area is 88.3 Å². The lowest BCUT2D eigenvalue weighted by atomic mass is 9.78. The molecule has 0 radical (unpaired) electrons. The van der Waals surface area contributed by atoms with Gasteiger partial charge in [-0.2, -0.15) is 0 Å². The van der Waals surface area contributed by atoms with Gasteiger partial charge in [-0.3, -0.25) is 0 Å². The molecule has 2 N–H and O–H groups in total. The summed E-state index contributed by atoms with van der Waals surface area (Å²) in [4.78, 5) is 0. The lowest BCUT2D eigenvalue weighted by Gasteiger charge is -2.05. The summed E-state index contributed by atoms with van der Waals surface area (Å²) in [5.74, 6) is 2.54. The minimum Gasteiger partial charge on any atom is -0.423 e. The first-order valence-electron chi connectivity index (χ1n) is 4.58. The maximum absolute atomic E-state index is 9.09. The highest BCUT2D eigenvalue weighted by atomic mass is 16.4. The molecule has 15 heavy (non-hydrogen) atoms. The second kappa shape index (κ2) is 3.78. The lowest BCUT2D eigenvalue weighted by molar-refractivity contribution is 0.426. The van der Waals surface area contributed by atoms with Crippen LogP contribution in [0.2, 0.25) is 0 Å². The molecule has 2 aromatic rings. The Morgan fingerprint density at radius 2 is 1.87 bits per heavy atom. The third kappa shape index (κ3) is 1.73. The van der Waals surface area contributed by atoms with Crippen molar-refractivity contribution in [1.29, 1.82) is 0 Å². The van der Waals surface area contributed by atoms with Crippen LogP contribution in [0, 0.1) is 12.3 Å². The van der Waals surface area contributed by atoms with Crippen molar-refractivity contribution in [2.75, 3.05) is 0 Å². The van der Waals surface area contributed by atoms with Crippen molar-refractivity contribution in [3.05, 3.63) is 42.0 Å². The predicted octanol–water partition coefficient (Wildman–Crippen LogP) is 0.501. The van der Waals surface area contributed by atoms with Crippen LogP contribution >= 0.6 is 0 Å². The second-order valence-electron chi connectivity index (χ2n) is 3.31. The highest BCUT2D eigenvalue weighted by molar-refractivity contribution is 6.59. The van der Waals surface area contributed by atoms with E-state index in [0.29, 0.717) is 11.0 Å². The van der Waals surface area contributed by atoms with Crippen molar-refractivity contribution in [2.45, 2.75) is 0 Å². The van der Waals surface area contributed by atoms with Crippen molar-refractivity contribution in [1.82, 2.24) is 0 Å². The molecule has 0 saturated heterocycles. The number of hydrogen-bond acceptors (Lipinski definition) is 2. The van der Waals surface area contributed by atoms with Gasteiger partial charge in [0.15, 0.2) is 0 Å². The fraction of sp³-hybridized carbons (Fsp3) is 0. The Morgan fingerprint density at radius 3 is 2.53 bits per heavy atom. The van der Waals surface area contributed by atoms with Crippen LogP contribution in [0.5, 0.6) is 0 Å². The summed E-state index contributed by atoms with van der Waals surface area (Å²) in [6.45, 7) is 0. The summed E-state index contributed by atoms with van der Waals surface area (Å²) < 4.78 is 0. The molecule has 0 amide bonds. The molecule has 0 bridgehead atoms. The first kappa shape index (κ1) is 9.79. The predicted molar refractivity (Wildman–Crippen MR) is 61.7 cm³/mol. The Bertz CT molecular complexity index is 541. The molecule has 0 aliphatic rings. The summed E-state index contributed by atoms with van der Waals surface area (Å²) in [6.07, 6.45) is 5.37. The Morgan fingerprint density at radius 1 is 1.13 bits per heavy atom. The van der Waals surface area contributed by atoms with Crippen LogP contribution in [0.1, 0.15) is 5.56 Å². The van der Waals surface area contributed by atoms with Crippen LogP contribution in [-0.2, 0) is 0 Å². The van der Waals surface area contributed by atoms with Crippen molar-refractivity contribution in [3.63, 3.8) is 0 Å². The van der Waals surface area contributed by atoms with Gasteiger partial charge in [-0.25, -0.2) is 0 Å². The molecular weight excluding hydrogens is 187 g/mol. The molecule has 72 valence electrons. The van der Waals surface area contributed by atoms with Crippen molar-refractivity contribution >= 4 is 23.4 Å². The molecule has 3 heteroatoms. The summed E-state index contributed by atoms with van der Waals surface area (Å²) >= 11 is 0. The van der Waals surface area contributed by atoms with E-state index in [0.717, 1.165) is 10.8 Å². The van der Waals surface area contributed by atoms with E-state index in [1.165, 1.54) is 0 Å². The minimum atomic E-state index is -1.48. The molecule has 0 aliphatic heterocycles. The van der Waals surface area contributed by atoms with Crippen molar-refractivity contribution in [2.24, 2.45) is 0 Å².